The Morgan fingerprint density at radius 1 is 0.575 bits per heavy atom. The molecule has 0 aromatic heterocycles. The summed E-state index contributed by atoms with van der Waals surface area (Å²) >= 11 is 0. The van der Waals surface area contributed by atoms with Crippen LogP contribution in [0.5, 0.6) is 0 Å². The molecule has 4 rings (SSSR count). The summed E-state index contributed by atoms with van der Waals surface area (Å²) < 4.78 is 0. The number of aliphatic carboxylic acids is 3. The van der Waals surface area contributed by atoms with Crippen LogP contribution in [0.4, 0.5) is 0 Å². The van der Waals surface area contributed by atoms with Crippen LogP contribution in [0.3, 0.4) is 0 Å². The van der Waals surface area contributed by atoms with Gasteiger partial charge in [0.25, 0.3) is 0 Å². The molecule has 210 valence electrons. The predicted octanol–water partition coefficient (Wildman–Crippen LogP) is 3.39. The van der Waals surface area contributed by atoms with E-state index in [2.05, 4.69) is 4.90 Å². The number of rotatable bonds is 10. The summed E-state index contributed by atoms with van der Waals surface area (Å²) in [6.45, 7) is 3.50. The lowest BCUT2D eigenvalue weighted by atomic mass is 10.0. The van der Waals surface area contributed by atoms with Gasteiger partial charge in [-0.1, -0.05) is 84.9 Å². The molecule has 2 unspecified atom stereocenters. The lowest BCUT2D eigenvalue weighted by Gasteiger charge is -2.32. The first kappa shape index (κ1) is 28.9. The van der Waals surface area contributed by atoms with Crippen molar-refractivity contribution < 1.29 is 29.7 Å². The van der Waals surface area contributed by atoms with Crippen LogP contribution in [-0.2, 0) is 27.3 Å². The lowest BCUT2D eigenvalue weighted by Crippen LogP contribution is -2.43. The summed E-state index contributed by atoms with van der Waals surface area (Å²) in [4.78, 5) is 42.1. The fourth-order valence-corrected chi connectivity index (χ4v) is 5.29. The molecule has 0 saturated carbocycles. The van der Waals surface area contributed by atoms with Crippen LogP contribution in [0.15, 0.2) is 84.9 Å². The fourth-order valence-electron chi connectivity index (χ4n) is 5.29. The first-order chi connectivity index (χ1) is 19.3. The Morgan fingerprint density at radius 3 is 1.38 bits per heavy atom. The van der Waals surface area contributed by atoms with E-state index in [1.54, 1.807) is 0 Å². The zero-order chi connectivity index (χ0) is 28.5. The minimum atomic E-state index is -0.949. The van der Waals surface area contributed by atoms with Crippen molar-refractivity contribution in [3.8, 4) is 0 Å². The predicted molar refractivity (Wildman–Crippen MR) is 150 cm³/mol. The summed E-state index contributed by atoms with van der Waals surface area (Å²) in [6, 6.07) is 23.9. The molecule has 1 saturated heterocycles. The highest BCUT2D eigenvalue weighted by molar-refractivity contribution is 5.76. The minimum Gasteiger partial charge on any atom is -0.481 e. The molecule has 1 fully saturated rings. The Balaban J connectivity index is 1.62. The van der Waals surface area contributed by atoms with Gasteiger partial charge in [0.05, 0.1) is 6.42 Å². The maximum Gasteiger partial charge on any atom is 0.325 e. The molecule has 0 spiro atoms. The van der Waals surface area contributed by atoms with Crippen LogP contribution in [0.1, 0.15) is 34.3 Å². The van der Waals surface area contributed by atoms with Crippen molar-refractivity contribution in [3.63, 3.8) is 0 Å². The maximum atomic E-state index is 12.5. The summed E-state index contributed by atoms with van der Waals surface area (Å²) in [5, 5.41) is 29.5. The molecule has 2 atom stereocenters. The highest BCUT2D eigenvalue weighted by Crippen LogP contribution is 2.25. The van der Waals surface area contributed by atoms with Crippen molar-refractivity contribution in [1.82, 2.24) is 14.7 Å². The second-order valence-electron chi connectivity index (χ2n) is 10.0. The largest absolute Gasteiger partial charge is 0.481 e. The number of carboxylic acid groups (broad SMARTS) is 3. The van der Waals surface area contributed by atoms with Crippen molar-refractivity contribution in [2.24, 2.45) is 0 Å². The molecular formula is C31H35N3O6. The third-order valence-electron chi connectivity index (χ3n) is 7.29. The molecule has 9 heteroatoms. The van der Waals surface area contributed by atoms with Crippen LogP contribution < -0.4 is 0 Å². The van der Waals surface area contributed by atoms with Crippen LogP contribution in [0.25, 0.3) is 0 Å². The summed E-state index contributed by atoms with van der Waals surface area (Å²) in [5.74, 6) is -2.78. The zero-order valence-electron chi connectivity index (χ0n) is 22.3. The number of nitrogens with zero attached hydrogens (tertiary/aromatic N) is 3. The standard InChI is InChI=1S/C31H35N3O6/c35-27(36)21-23-11-13-24(14-12-23)22-32-15-17-33(28(30(37)38)25-7-3-1-4-8-25)19-20-34(18-16-32)29(31(39)40)26-9-5-2-6-10-26/h1-14,28-29H,15-22H2,(H,35,36)(H,37,38)(H,39,40). The Bertz CT molecular complexity index is 1200. The first-order valence-corrected chi connectivity index (χ1v) is 13.4. The molecule has 3 N–H and O–H groups in total. The van der Waals surface area contributed by atoms with Crippen LogP contribution in [-0.4, -0.2) is 87.2 Å². The average Bonchev–Trinajstić information content (AvgIpc) is 3.02. The van der Waals surface area contributed by atoms with Crippen molar-refractivity contribution >= 4 is 17.9 Å². The van der Waals surface area contributed by atoms with Crippen LogP contribution in [0, 0.1) is 0 Å². The van der Waals surface area contributed by atoms with Gasteiger partial charge < -0.3 is 15.3 Å². The van der Waals surface area contributed by atoms with E-state index in [0.717, 1.165) is 11.1 Å². The Morgan fingerprint density at radius 2 is 0.975 bits per heavy atom. The maximum absolute atomic E-state index is 12.5. The normalized spacial score (nSPS) is 17.2. The first-order valence-electron chi connectivity index (χ1n) is 13.4. The number of carboxylic acids is 3. The molecule has 0 aliphatic carbocycles. The lowest BCUT2D eigenvalue weighted by molar-refractivity contribution is -0.146. The molecule has 0 amide bonds. The fraction of sp³-hybridized carbons (Fsp3) is 0.323. The van der Waals surface area contributed by atoms with Gasteiger partial charge in [-0.25, -0.2) is 0 Å². The van der Waals surface area contributed by atoms with Crippen LogP contribution >= 0.6 is 0 Å². The smallest absolute Gasteiger partial charge is 0.325 e. The van der Waals surface area contributed by atoms with E-state index < -0.39 is 30.0 Å². The highest BCUT2D eigenvalue weighted by atomic mass is 16.4. The summed E-state index contributed by atoms with van der Waals surface area (Å²) in [6.07, 6.45) is -0.0416. The van der Waals surface area contributed by atoms with Gasteiger partial charge in [-0.15, -0.1) is 0 Å². The molecule has 1 aliphatic heterocycles. The number of benzene rings is 3. The number of hydrogen-bond acceptors (Lipinski definition) is 6. The van der Waals surface area contributed by atoms with Crippen molar-refractivity contribution in [2.75, 3.05) is 39.3 Å². The third-order valence-corrected chi connectivity index (χ3v) is 7.29. The van der Waals surface area contributed by atoms with E-state index in [-0.39, 0.29) is 6.42 Å². The molecule has 40 heavy (non-hydrogen) atoms. The quantitative estimate of drug-likeness (QED) is 0.352. The topological polar surface area (TPSA) is 122 Å². The minimum absolute atomic E-state index is 0.0416. The average molecular weight is 546 g/mol. The molecule has 1 aliphatic rings. The van der Waals surface area contributed by atoms with Crippen molar-refractivity contribution in [3.05, 3.63) is 107 Å². The van der Waals surface area contributed by atoms with Gasteiger partial charge in [-0.3, -0.25) is 29.1 Å². The molecule has 9 nitrogen and oxygen atoms in total. The summed E-state index contributed by atoms with van der Waals surface area (Å²) in [7, 11) is 0. The van der Waals surface area contributed by atoms with Gasteiger partial charge >= 0.3 is 17.9 Å². The Kier molecular flexibility index (Phi) is 10.0. The number of carbonyl (C=O) groups is 3. The van der Waals surface area contributed by atoms with E-state index in [0.29, 0.717) is 56.9 Å². The highest BCUT2D eigenvalue weighted by Gasteiger charge is 2.32. The van der Waals surface area contributed by atoms with E-state index in [9.17, 15) is 24.6 Å². The Hall–Kier alpha value is -4.05. The molecule has 0 bridgehead atoms. The van der Waals surface area contributed by atoms with Crippen LogP contribution in [0.2, 0.25) is 0 Å². The number of hydrogen-bond donors (Lipinski definition) is 3. The molecule has 3 aromatic carbocycles. The van der Waals surface area contributed by atoms with E-state index in [1.165, 1.54) is 0 Å². The van der Waals surface area contributed by atoms with Crippen molar-refractivity contribution in [1.29, 1.82) is 0 Å². The van der Waals surface area contributed by atoms with E-state index in [4.69, 9.17) is 5.11 Å². The molecule has 3 aromatic rings. The monoisotopic (exact) mass is 545 g/mol. The van der Waals surface area contributed by atoms with Gasteiger partial charge in [-0.2, -0.15) is 0 Å². The SMILES string of the molecule is O=C(O)Cc1ccc(CN2CCN(C(C(=O)O)c3ccccc3)CCN(C(C(=O)O)c3ccccc3)CC2)cc1. The van der Waals surface area contributed by atoms with E-state index >= 15 is 0 Å². The second-order valence-corrected chi connectivity index (χ2v) is 10.0. The van der Waals surface area contributed by atoms with Gasteiger partial charge in [0.15, 0.2) is 0 Å². The molecular weight excluding hydrogens is 510 g/mol. The molecule has 1 heterocycles. The second kappa shape index (κ2) is 13.8. The summed E-state index contributed by atoms with van der Waals surface area (Å²) in [5.41, 5.74) is 3.08. The van der Waals surface area contributed by atoms with Gasteiger partial charge in [0.1, 0.15) is 12.1 Å². The van der Waals surface area contributed by atoms with Gasteiger partial charge in [-0.05, 0) is 22.3 Å². The Labute approximate surface area is 233 Å². The van der Waals surface area contributed by atoms with Gasteiger partial charge in [0, 0.05) is 45.8 Å². The molecule has 0 radical (unpaired) electrons. The zero-order valence-corrected chi connectivity index (χ0v) is 22.3. The van der Waals surface area contributed by atoms with Gasteiger partial charge in [0.2, 0.25) is 0 Å². The van der Waals surface area contributed by atoms with Crippen molar-refractivity contribution in [2.45, 2.75) is 25.0 Å². The van der Waals surface area contributed by atoms with E-state index in [1.807, 2.05) is 94.7 Å². The third kappa shape index (κ3) is 7.75.